The monoisotopic (exact) mass is 219 g/mol. The van der Waals surface area contributed by atoms with Gasteiger partial charge in [0.2, 0.25) is 5.78 Å². The van der Waals surface area contributed by atoms with Crippen molar-refractivity contribution < 1.29 is 24.3 Å². The van der Waals surface area contributed by atoms with Gasteiger partial charge in [0.05, 0.1) is 6.54 Å². The Bertz CT molecular complexity index is 265. The second-order valence-electron chi connectivity index (χ2n) is 2.36. The number of carboxylic acid groups (broad SMARTS) is 1. The van der Waals surface area contributed by atoms with Gasteiger partial charge in [-0.15, -0.1) is 0 Å². The van der Waals surface area contributed by atoms with Gasteiger partial charge in [0.15, 0.2) is 6.29 Å². The van der Waals surface area contributed by atoms with Gasteiger partial charge in [0.1, 0.15) is 6.04 Å². The number of carboxylic acids is 1. The highest BCUT2D eigenvalue weighted by molar-refractivity contribution is 7.80. The van der Waals surface area contributed by atoms with Crippen LogP contribution in [0.4, 0.5) is 0 Å². The maximum absolute atomic E-state index is 10.8. The number of thiol groups is 1. The van der Waals surface area contributed by atoms with Crippen molar-refractivity contribution in [1.29, 1.82) is 0 Å². The number of aliphatic carboxylic acids is 1. The van der Waals surface area contributed by atoms with Crippen LogP contribution in [-0.2, 0) is 19.2 Å². The highest BCUT2D eigenvalue weighted by Crippen LogP contribution is 1.87. The molecule has 0 aromatic heterocycles. The topological polar surface area (TPSA) is 101 Å². The van der Waals surface area contributed by atoms with E-state index < -0.39 is 30.1 Å². The Morgan fingerprint density at radius 2 is 2.00 bits per heavy atom. The lowest BCUT2D eigenvalue weighted by atomic mass is 10.2. The van der Waals surface area contributed by atoms with Crippen LogP contribution in [-0.4, -0.2) is 47.3 Å². The molecule has 0 aromatic carbocycles. The van der Waals surface area contributed by atoms with Gasteiger partial charge < -0.3 is 5.11 Å². The van der Waals surface area contributed by atoms with E-state index in [9.17, 15) is 19.2 Å². The van der Waals surface area contributed by atoms with Gasteiger partial charge in [-0.05, 0) is 0 Å². The van der Waals surface area contributed by atoms with Crippen molar-refractivity contribution in [2.75, 3.05) is 12.3 Å². The molecule has 0 aliphatic carbocycles. The normalized spacial score (nSPS) is 11.8. The molecule has 0 aromatic rings. The number of carbonyl (C=O) groups is 4. The number of hydrogen-bond donors (Lipinski definition) is 3. The fourth-order valence-corrected chi connectivity index (χ4v) is 0.884. The highest BCUT2D eigenvalue weighted by atomic mass is 32.1. The third-order valence-corrected chi connectivity index (χ3v) is 1.74. The van der Waals surface area contributed by atoms with Crippen molar-refractivity contribution in [1.82, 2.24) is 5.32 Å². The van der Waals surface area contributed by atoms with Gasteiger partial charge in [-0.1, -0.05) is 0 Å². The van der Waals surface area contributed by atoms with Gasteiger partial charge in [-0.2, -0.15) is 12.6 Å². The van der Waals surface area contributed by atoms with E-state index in [0.29, 0.717) is 0 Å². The summed E-state index contributed by atoms with van der Waals surface area (Å²) in [5.41, 5.74) is 0. The predicted molar refractivity (Wildman–Crippen MR) is 49.4 cm³/mol. The van der Waals surface area contributed by atoms with E-state index in [1.54, 1.807) is 0 Å². The Labute approximate surface area is 85.1 Å². The summed E-state index contributed by atoms with van der Waals surface area (Å²) in [5, 5.41) is 10.8. The first kappa shape index (κ1) is 12.8. The summed E-state index contributed by atoms with van der Waals surface area (Å²) >= 11 is 3.72. The Balaban J connectivity index is 4.04. The second-order valence-corrected chi connectivity index (χ2v) is 2.72. The largest absolute Gasteiger partial charge is 0.480 e. The lowest BCUT2D eigenvalue weighted by Gasteiger charge is -2.09. The maximum atomic E-state index is 10.8. The number of ketones is 2. The van der Waals surface area contributed by atoms with Crippen LogP contribution in [0.2, 0.25) is 0 Å². The number of carbonyl (C=O) groups excluding carboxylic acids is 3. The maximum Gasteiger partial charge on any atom is 0.321 e. The Hall–Kier alpha value is -1.21. The van der Waals surface area contributed by atoms with Crippen LogP contribution in [0.5, 0.6) is 0 Å². The smallest absolute Gasteiger partial charge is 0.321 e. The molecular weight excluding hydrogens is 210 g/mol. The molecule has 0 saturated heterocycles. The number of aldehydes is 1. The predicted octanol–water partition coefficient (Wildman–Crippen LogP) is -1.70. The molecule has 0 bridgehead atoms. The Morgan fingerprint density at radius 3 is 2.36 bits per heavy atom. The van der Waals surface area contributed by atoms with Crippen molar-refractivity contribution in [2.24, 2.45) is 0 Å². The van der Waals surface area contributed by atoms with E-state index in [4.69, 9.17) is 5.11 Å². The van der Waals surface area contributed by atoms with Gasteiger partial charge in [0.25, 0.3) is 5.78 Å². The third kappa shape index (κ3) is 4.15. The minimum atomic E-state index is -1.18. The summed E-state index contributed by atoms with van der Waals surface area (Å²) in [6, 6.07) is -1.01. The summed E-state index contributed by atoms with van der Waals surface area (Å²) in [6.45, 7) is -0.477. The molecule has 0 amide bonds. The zero-order valence-corrected chi connectivity index (χ0v) is 7.99. The first-order chi connectivity index (χ1) is 6.52. The molecule has 1 atom stereocenters. The van der Waals surface area contributed by atoms with Crippen molar-refractivity contribution in [3.05, 3.63) is 0 Å². The number of nitrogens with one attached hydrogen (secondary N) is 1. The molecule has 2 N–H and O–H groups in total. The molecule has 0 aliphatic heterocycles. The van der Waals surface area contributed by atoms with Crippen LogP contribution in [0.3, 0.4) is 0 Å². The zero-order valence-electron chi connectivity index (χ0n) is 7.10. The fraction of sp³-hybridized carbons (Fsp3) is 0.429. The van der Waals surface area contributed by atoms with Crippen LogP contribution in [0.1, 0.15) is 0 Å². The highest BCUT2D eigenvalue weighted by Gasteiger charge is 2.18. The first-order valence-electron chi connectivity index (χ1n) is 3.62. The minimum absolute atomic E-state index is 0.0160. The van der Waals surface area contributed by atoms with E-state index in [1.165, 1.54) is 0 Å². The average molecular weight is 219 g/mol. The van der Waals surface area contributed by atoms with Crippen molar-refractivity contribution >= 4 is 36.5 Å². The van der Waals surface area contributed by atoms with Gasteiger partial charge in [0, 0.05) is 5.75 Å². The number of hydrogen-bond acceptors (Lipinski definition) is 6. The van der Waals surface area contributed by atoms with E-state index in [1.807, 2.05) is 0 Å². The zero-order chi connectivity index (χ0) is 11.1. The molecule has 0 aliphatic rings. The molecule has 0 unspecified atom stereocenters. The molecule has 0 spiro atoms. The molecule has 78 valence electrons. The van der Waals surface area contributed by atoms with Gasteiger partial charge in [-0.3, -0.25) is 24.5 Å². The molecular formula is C7H9NO5S. The fourth-order valence-electron chi connectivity index (χ4n) is 0.599. The SMILES string of the molecule is O=CC(=O)C(=O)CN[C@@H](CS)C(=O)O. The molecule has 7 heteroatoms. The molecule has 0 heterocycles. The van der Waals surface area contributed by atoms with E-state index >= 15 is 0 Å². The molecule has 0 radical (unpaired) electrons. The molecule has 6 nitrogen and oxygen atoms in total. The summed E-state index contributed by atoms with van der Waals surface area (Å²) in [6.07, 6.45) is -0.111. The number of rotatable bonds is 7. The quantitative estimate of drug-likeness (QED) is 0.204. The summed E-state index contributed by atoms with van der Waals surface area (Å²) in [5.74, 6) is -3.34. The van der Waals surface area contributed by atoms with Crippen LogP contribution in [0.15, 0.2) is 0 Å². The van der Waals surface area contributed by atoms with Crippen LogP contribution in [0, 0.1) is 0 Å². The van der Waals surface area contributed by atoms with Gasteiger partial charge >= 0.3 is 5.97 Å². The number of Topliss-reactive ketones (excluding diaryl/α,β-unsaturated/α-hetero) is 2. The van der Waals surface area contributed by atoms with Gasteiger partial charge in [-0.25, -0.2) is 0 Å². The molecule has 0 saturated carbocycles. The summed E-state index contributed by atoms with van der Waals surface area (Å²) in [7, 11) is 0. The Kier molecular flexibility index (Phi) is 5.73. The second kappa shape index (κ2) is 6.28. The molecule has 0 rings (SSSR count). The van der Waals surface area contributed by atoms with Crippen molar-refractivity contribution in [3.63, 3.8) is 0 Å². The van der Waals surface area contributed by atoms with E-state index in [2.05, 4.69) is 17.9 Å². The molecule has 14 heavy (non-hydrogen) atoms. The van der Waals surface area contributed by atoms with Crippen LogP contribution < -0.4 is 5.32 Å². The standard InChI is InChI=1S/C7H9NO5S/c9-2-6(11)5(10)1-8-4(3-14)7(12)13/h2,4,8,14H,1,3H2,(H,12,13)/t4-/m0/s1. The van der Waals surface area contributed by atoms with Crippen molar-refractivity contribution in [2.45, 2.75) is 6.04 Å². The van der Waals surface area contributed by atoms with E-state index in [-0.39, 0.29) is 12.0 Å². The summed E-state index contributed by atoms with van der Waals surface area (Å²) in [4.78, 5) is 41.5. The third-order valence-electron chi connectivity index (χ3n) is 1.37. The lowest BCUT2D eigenvalue weighted by Crippen LogP contribution is -2.42. The van der Waals surface area contributed by atoms with Crippen LogP contribution >= 0.6 is 12.6 Å². The molecule has 0 fully saturated rings. The summed E-state index contributed by atoms with van der Waals surface area (Å²) < 4.78 is 0. The van der Waals surface area contributed by atoms with Crippen molar-refractivity contribution in [3.8, 4) is 0 Å². The Morgan fingerprint density at radius 1 is 1.43 bits per heavy atom. The minimum Gasteiger partial charge on any atom is -0.480 e. The van der Waals surface area contributed by atoms with E-state index in [0.717, 1.165) is 0 Å². The average Bonchev–Trinajstić information content (AvgIpc) is 2.16. The van der Waals surface area contributed by atoms with Crippen LogP contribution in [0.25, 0.3) is 0 Å². The lowest BCUT2D eigenvalue weighted by molar-refractivity contribution is -0.140. The first-order valence-corrected chi connectivity index (χ1v) is 4.25.